The van der Waals surface area contributed by atoms with Gasteiger partial charge in [0.1, 0.15) is 16.9 Å². The summed E-state index contributed by atoms with van der Waals surface area (Å²) in [6.07, 6.45) is 0. The Balaban J connectivity index is 2.32. The molecule has 118 valence electrons. The van der Waals surface area contributed by atoms with Gasteiger partial charge in [0.15, 0.2) is 11.6 Å². The van der Waals surface area contributed by atoms with E-state index in [1.807, 2.05) is 0 Å². The number of carbonyl (C=O) groups is 1. The van der Waals surface area contributed by atoms with Gasteiger partial charge in [0.05, 0.1) is 12.0 Å². The predicted octanol–water partition coefficient (Wildman–Crippen LogP) is 4.88. The molecule has 0 unspecified atom stereocenters. The molecular formula is C17H12BrFO4. The van der Waals surface area contributed by atoms with Gasteiger partial charge in [0.25, 0.3) is 0 Å². The van der Waals surface area contributed by atoms with Gasteiger partial charge < -0.3 is 14.3 Å². The van der Waals surface area contributed by atoms with Crippen LogP contribution in [0.4, 0.5) is 4.39 Å². The summed E-state index contributed by atoms with van der Waals surface area (Å²) in [5, 5.41) is 9.51. The lowest BCUT2D eigenvalue weighted by Gasteiger charge is -2.04. The molecule has 23 heavy (non-hydrogen) atoms. The van der Waals surface area contributed by atoms with E-state index in [0.717, 1.165) is 4.47 Å². The van der Waals surface area contributed by atoms with Crippen molar-refractivity contribution in [3.8, 4) is 17.1 Å². The quantitative estimate of drug-likeness (QED) is 0.659. The summed E-state index contributed by atoms with van der Waals surface area (Å²) in [6, 6.07) is 9.64. The lowest BCUT2D eigenvalue weighted by molar-refractivity contribution is 0.0528. The highest BCUT2D eigenvalue weighted by molar-refractivity contribution is 9.10. The fourth-order valence-electron chi connectivity index (χ4n) is 2.34. The number of ether oxygens (including phenoxy) is 1. The average Bonchev–Trinajstić information content (AvgIpc) is 2.92. The minimum Gasteiger partial charge on any atom is -0.505 e. The van der Waals surface area contributed by atoms with E-state index in [1.165, 1.54) is 12.1 Å². The van der Waals surface area contributed by atoms with Gasteiger partial charge >= 0.3 is 5.97 Å². The summed E-state index contributed by atoms with van der Waals surface area (Å²) in [5.74, 6) is -1.95. The molecule has 0 spiro atoms. The monoisotopic (exact) mass is 378 g/mol. The first kappa shape index (κ1) is 15.6. The Bertz CT molecular complexity index is 884. The summed E-state index contributed by atoms with van der Waals surface area (Å²) in [7, 11) is 0. The molecule has 1 aromatic heterocycles. The highest BCUT2D eigenvalue weighted by Gasteiger charge is 2.26. The zero-order chi connectivity index (χ0) is 16.6. The minimum absolute atomic E-state index is 0.0300. The second-order valence-electron chi connectivity index (χ2n) is 4.81. The number of hydrogen-bond donors (Lipinski definition) is 1. The molecule has 1 heterocycles. The van der Waals surface area contributed by atoms with E-state index < -0.39 is 17.5 Å². The maximum atomic E-state index is 14.3. The molecule has 3 rings (SSSR count). The second kappa shape index (κ2) is 6.04. The number of rotatable bonds is 3. The smallest absolute Gasteiger partial charge is 0.342 e. The summed E-state index contributed by atoms with van der Waals surface area (Å²) in [4.78, 5) is 12.3. The third-order valence-electron chi connectivity index (χ3n) is 3.36. The maximum Gasteiger partial charge on any atom is 0.342 e. The Hall–Kier alpha value is -2.34. The largest absolute Gasteiger partial charge is 0.505 e. The van der Waals surface area contributed by atoms with Crippen LogP contribution in [0.5, 0.6) is 5.75 Å². The summed E-state index contributed by atoms with van der Waals surface area (Å²) < 4.78 is 25.9. The van der Waals surface area contributed by atoms with Crippen LogP contribution in [-0.4, -0.2) is 17.7 Å². The summed E-state index contributed by atoms with van der Waals surface area (Å²) in [5.41, 5.74) is 0.741. The first-order chi connectivity index (χ1) is 11.0. The number of aromatic hydroxyl groups is 1. The van der Waals surface area contributed by atoms with E-state index in [2.05, 4.69) is 15.9 Å². The van der Waals surface area contributed by atoms with Gasteiger partial charge in [-0.1, -0.05) is 28.1 Å². The van der Waals surface area contributed by atoms with Gasteiger partial charge in [0, 0.05) is 10.0 Å². The number of phenolic OH excluding ortho intramolecular Hbond substituents is 1. The standard InChI is InChI=1S/C17H12BrFO4/c1-2-22-17(21)14-13-12(8-7-11(20)15(13)19)23-16(14)9-3-5-10(18)6-4-9/h3-8,20H,2H2,1H3. The molecule has 0 aliphatic carbocycles. The molecule has 0 radical (unpaired) electrons. The van der Waals surface area contributed by atoms with Crippen LogP contribution in [0.3, 0.4) is 0 Å². The topological polar surface area (TPSA) is 59.7 Å². The van der Waals surface area contributed by atoms with Crippen molar-refractivity contribution >= 4 is 32.9 Å². The molecule has 0 bridgehead atoms. The number of phenols is 1. The van der Waals surface area contributed by atoms with E-state index in [-0.39, 0.29) is 28.9 Å². The normalized spacial score (nSPS) is 10.9. The number of halogens is 2. The summed E-state index contributed by atoms with van der Waals surface area (Å²) >= 11 is 3.33. The second-order valence-corrected chi connectivity index (χ2v) is 5.72. The van der Waals surface area contributed by atoms with E-state index in [0.29, 0.717) is 5.56 Å². The highest BCUT2D eigenvalue weighted by Crippen LogP contribution is 2.38. The zero-order valence-corrected chi connectivity index (χ0v) is 13.7. The van der Waals surface area contributed by atoms with Crippen LogP contribution < -0.4 is 0 Å². The third kappa shape index (κ3) is 2.70. The Morgan fingerprint density at radius 2 is 1.96 bits per heavy atom. The number of esters is 1. The fraction of sp³-hybridized carbons (Fsp3) is 0.118. The molecule has 6 heteroatoms. The van der Waals surface area contributed by atoms with E-state index >= 15 is 0 Å². The van der Waals surface area contributed by atoms with Gasteiger partial charge in [-0.25, -0.2) is 9.18 Å². The van der Waals surface area contributed by atoms with Crippen molar-refractivity contribution in [2.24, 2.45) is 0 Å². The minimum atomic E-state index is -0.905. The molecule has 4 nitrogen and oxygen atoms in total. The molecule has 0 saturated heterocycles. The Morgan fingerprint density at radius 3 is 2.61 bits per heavy atom. The summed E-state index contributed by atoms with van der Waals surface area (Å²) in [6.45, 7) is 1.80. The first-order valence-electron chi connectivity index (χ1n) is 6.90. The fourth-order valence-corrected chi connectivity index (χ4v) is 2.61. The van der Waals surface area contributed by atoms with Crippen LogP contribution in [0.1, 0.15) is 17.3 Å². The van der Waals surface area contributed by atoms with Crippen molar-refractivity contribution in [2.75, 3.05) is 6.61 Å². The van der Waals surface area contributed by atoms with Crippen molar-refractivity contribution < 1.29 is 23.4 Å². The molecule has 0 amide bonds. The first-order valence-corrected chi connectivity index (χ1v) is 7.69. The van der Waals surface area contributed by atoms with Gasteiger partial charge in [-0.05, 0) is 31.2 Å². The van der Waals surface area contributed by atoms with Crippen molar-refractivity contribution in [3.63, 3.8) is 0 Å². The molecule has 0 atom stereocenters. The van der Waals surface area contributed by atoms with Gasteiger partial charge in [-0.2, -0.15) is 0 Å². The lowest BCUT2D eigenvalue weighted by atomic mass is 10.0. The number of furan rings is 1. The molecule has 0 fully saturated rings. The van der Waals surface area contributed by atoms with Crippen LogP contribution in [-0.2, 0) is 4.74 Å². The zero-order valence-electron chi connectivity index (χ0n) is 12.1. The number of hydrogen-bond acceptors (Lipinski definition) is 4. The molecule has 0 aliphatic rings. The van der Waals surface area contributed by atoms with Crippen molar-refractivity contribution in [1.29, 1.82) is 0 Å². The van der Waals surface area contributed by atoms with Crippen molar-refractivity contribution in [2.45, 2.75) is 6.92 Å². The maximum absolute atomic E-state index is 14.3. The average molecular weight is 379 g/mol. The Kier molecular flexibility index (Phi) is 4.09. The number of fused-ring (bicyclic) bond motifs is 1. The van der Waals surface area contributed by atoms with Crippen LogP contribution in [0, 0.1) is 5.82 Å². The molecule has 0 aliphatic heterocycles. The molecule has 3 aromatic rings. The van der Waals surface area contributed by atoms with Crippen molar-refractivity contribution in [1.82, 2.24) is 0 Å². The number of benzene rings is 2. The third-order valence-corrected chi connectivity index (χ3v) is 3.89. The van der Waals surface area contributed by atoms with Crippen molar-refractivity contribution in [3.05, 3.63) is 52.3 Å². The molecule has 1 N–H and O–H groups in total. The van der Waals surface area contributed by atoms with E-state index in [4.69, 9.17) is 9.15 Å². The van der Waals surface area contributed by atoms with Gasteiger partial charge in [0.2, 0.25) is 0 Å². The van der Waals surface area contributed by atoms with E-state index in [1.54, 1.807) is 31.2 Å². The number of carbonyl (C=O) groups excluding carboxylic acids is 1. The van der Waals surface area contributed by atoms with Crippen LogP contribution in [0.2, 0.25) is 0 Å². The van der Waals surface area contributed by atoms with Gasteiger partial charge in [-0.3, -0.25) is 0 Å². The lowest BCUT2D eigenvalue weighted by Crippen LogP contribution is -2.06. The molecule has 0 saturated carbocycles. The van der Waals surface area contributed by atoms with Crippen LogP contribution in [0.15, 0.2) is 45.3 Å². The Labute approximate surface area is 139 Å². The van der Waals surface area contributed by atoms with E-state index in [9.17, 15) is 14.3 Å². The van der Waals surface area contributed by atoms with Gasteiger partial charge in [-0.15, -0.1) is 0 Å². The SMILES string of the molecule is CCOC(=O)c1c(-c2ccc(Br)cc2)oc2ccc(O)c(F)c12. The predicted molar refractivity (Wildman–Crippen MR) is 86.9 cm³/mol. The molecule has 2 aromatic carbocycles. The highest BCUT2D eigenvalue weighted by atomic mass is 79.9. The molecular weight excluding hydrogens is 367 g/mol. The van der Waals surface area contributed by atoms with Crippen LogP contribution >= 0.6 is 15.9 Å². The van der Waals surface area contributed by atoms with Crippen LogP contribution in [0.25, 0.3) is 22.3 Å². The Morgan fingerprint density at radius 1 is 1.26 bits per heavy atom.